The van der Waals surface area contributed by atoms with E-state index in [9.17, 15) is 72.2 Å². The fourth-order valence-electron chi connectivity index (χ4n) is 13.6. The maximum atomic E-state index is 11.8. The summed E-state index contributed by atoms with van der Waals surface area (Å²) >= 11 is 0. The molecule has 7 heterocycles. The van der Waals surface area contributed by atoms with Gasteiger partial charge in [0.2, 0.25) is 41.4 Å². The van der Waals surface area contributed by atoms with Crippen molar-refractivity contribution < 1.29 is 125 Å². The van der Waals surface area contributed by atoms with Crippen LogP contribution in [0, 0.1) is 53.3 Å². The minimum absolute atomic E-state index is 0.0143. The molecule has 7 fully saturated rings. The van der Waals surface area contributed by atoms with Gasteiger partial charge in [-0.3, -0.25) is 67.1 Å². The number of likely N-dealkylation sites (tertiary alicyclic amines) is 7. The number of hydrogen-bond acceptors (Lipinski definition) is 26. The Kier molecular flexibility index (Phi) is 55.2. The molecule has 7 saturated heterocycles. The Balaban J connectivity index is 0.00000129. The monoisotopic (exact) mass is 1600 g/mol. The molecule has 0 aromatic carbocycles. The molecule has 642 valence electrons. The number of rotatable bonds is 35. The molecule has 0 aromatic rings. The van der Waals surface area contributed by atoms with Gasteiger partial charge in [0.1, 0.15) is 0 Å². The van der Waals surface area contributed by atoms with Gasteiger partial charge in [0.25, 0.3) is 0 Å². The average molecular weight is 1600 g/mol. The summed E-state index contributed by atoms with van der Waals surface area (Å²) < 4.78 is 32.3. The highest BCUT2D eigenvalue weighted by atomic mass is 16.5. The third-order valence-corrected chi connectivity index (χ3v) is 20.0. The van der Waals surface area contributed by atoms with Gasteiger partial charge in [0.05, 0.1) is 104 Å². The quantitative estimate of drug-likeness (QED) is 0.0418. The summed E-state index contributed by atoms with van der Waals surface area (Å²) in [6.45, 7) is 20.4. The Morgan fingerprint density at radius 1 is 0.375 bits per heavy atom. The van der Waals surface area contributed by atoms with Crippen LogP contribution >= 0.6 is 0 Å². The van der Waals surface area contributed by atoms with E-state index < -0.39 is 30.8 Å². The van der Waals surface area contributed by atoms with Gasteiger partial charge >= 0.3 is 47.9 Å². The topological polar surface area (TPSA) is 421 Å². The summed E-state index contributed by atoms with van der Waals surface area (Å²) in [7, 11) is 11.1. The second-order valence-electron chi connectivity index (χ2n) is 29.5. The first-order valence-electron chi connectivity index (χ1n) is 39.7. The predicted octanol–water partition coefficient (Wildman–Crippen LogP) is 5.17. The Bertz CT molecular complexity index is 2860. The first-order chi connectivity index (χ1) is 53.2. The molecule has 7 aliphatic heterocycles. The largest absolute Gasteiger partial charge is 0.469 e. The molecule has 7 amide bonds. The van der Waals surface area contributed by atoms with E-state index in [0.717, 1.165) is 56.8 Å². The number of ether oxygens (including phenoxy) is 7. The van der Waals surface area contributed by atoms with Crippen molar-refractivity contribution in [2.24, 2.45) is 53.3 Å². The molecule has 0 bridgehead atoms. The number of nitrogens with zero attached hydrogens (tertiary/aromatic N) is 7. The molecule has 10 unspecified atom stereocenters. The van der Waals surface area contributed by atoms with E-state index in [-0.39, 0.29) is 145 Å². The zero-order valence-corrected chi connectivity index (χ0v) is 69.6. The summed E-state index contributed by atoms with van der Waals surface area (Å²) in [5.74, 6) is -3.39. The normalized spacial score (nSPS) is 20.9. The van der Waals surface area contributed by atoms with Crippen LogP contribution in [0.5, 0.6) is 0 Å². The predicted molar refractivity (Wildman–Crippen MR) is 407 cm³/mol. The van der Waals surface area contributed by atoms with Crippen LogP contribution in [-0.4, -0.2) is 293 Å². The van der Waals surface area contributed by atoms with Gasteiger partial charge in [0.15, 0.2) is 6.23 Å². The Morgan fingerprint density at radius 3 is 0.938 bits per heavy atom. The number of carbonyl (C=O) groups is 14. The standard InChI is InChI=1S/C18H33NO3.C14H25NO3.C12H21NO3.C10H17NO3.C9H15NO4.C8H13NO5.C7H11NO3.CO2/c1-3-4-5-6-7-8-9-10-11-12-13-19-15-16(14-17(19)20)18(21)22-2;1-4-6-7-11(5-2)9-15-10-12(8-13(15)16)14(17)18-3;1-3-4-5-6-7-13-9-10(8-11(13)14)12(15)16-2;1-7(2)5-11-6-8(4-9(11)12)10(13)14-3;1-6(11)4-10-5-7(3-8(10)12)9(13)14-2;1-14-8(13)5-2-6(11)9(3-5)7(12)4-10;1-8-4-5(3-6(8)9)7(10)11-2;2-1-3/h16H,3-15H2,1-2H3;11-12H,4-10H2,1-3H3;10H,3-9H2,1-2H3;7-8H,4-6H2,1-3H3;6-7,11H,3-5H2,1-2H3;5,7,10,12H,2-4H2,1H3;5H,3-4H2,1-2H3;. The zero-order valence-electron chi connectivity index (χ0n) is 69.6. The van der Waals surface area contributed by atoms with Crippen LogP contribution in [0.1, 0.15) is 209 Å². The van der Waals surface area contributed by atoms with E-state index >= 15 is 0 Å². The van der Waals surface area contributed by atoms with Crippen molar-refractivity contribution >= 4 is 89.3 Å². The van der Waals surface area contributed by atoms with Crippen molar-refractivity contribution in [3.63, 3.8) is 0 Å². The number of β-amino-alcohol motifs (C(OH)–C–C–N with tert-alkyl or cyclic N) is 1. The second-order valence-corrected chi connectivity index (χ2v) is 29.5. The van der Waals surface area contributed by atoms with Gasteiger partial charge in [-0.05, 0) is 38.0 Å². The van der Waals surface area contributed by atoms with E-state index in [1.165, 1.54) is 145 Å². The molecule has 0 saturated carbocycles. The highest BCUT2D eigenvalue weighted by Crippen LogP contribution is 2.27. The maximum absolute atomic E-state index is 11.8. The SMILES string of the molecule is CCCCC(CC)CN1CC(C(=O)OC)CC1=O.CCCCCCCCCCCCN1CC(C(=O)OC)CC1=O.CCCCCCN1CC(C(=O)OC)CC1=O.COC(=O)C1CC(=O)N(C(O)CO)C1.COC(=O)C1CC(=O)N(C)C1.COC(=O)C1CC(=O)N(CC(C)C)C1.COC(=O)C1CC(=O)N(CC(C)O)C1.O=C=O. The summed E-state index contributed by atoms with van der Waals surface area (Å²) in [6.07, 6.45) is 22.5. The molecule has 33 nitrogen and oxygen atoms in total. The molecule has 3 N–H and O–H groups in total. The number of aliphatic hydroxyl groups is 3. The summed E-state index contributed by atoms with van der Waals surface area (Å²) in [4.78, 5) is 186. The number of methoxy groups -OCH3 is 7. The van der Waals surface area contributed by atoms with Crippen LogP contribution in [-0.2, 0) is 110 Å². The molecular formula is C79H135N7O26. The lowest BCUT2D eigenvalue weighted by molar-refractivity contribution is -0.192. The number of carbonyl (C=O) groups excluding carboxylic acids is 16. The molecule has 0 radical (unpaired) electrons. The molecule has 0 spiro atoms. The molecule has 0 aliphatic carbocycles. The number of unbranched alkanes of at least 4 members (excludes halogenated alkanes) is 13. The van der Waals surface area contributed by atoms with Gasteiger partial charge in [-0.25, -0.2) is 0 Å². The smallest absolute Gasteiger partial charge is 0.373 e. The molecule has 7 aliphatic rings. The first kappa shape index (κ1) is 104. The summed E-state index contributed by atoms with van der Waals surface area (Å²) in [5.41, 5.74) is 0. The van der Waals surface area contributed by atoms with Crippen molar-refractivity contribution in [1.82, 2.24) is 34.3 Å². The van der Waals surface area contributed by atoms with E-state index in [1.54, 1.807) is 28.7 Å². The van der Waals surface area contributed by atoms with Crippen LogP contribution in [0.15, 0.2) is 0 Å². The molecule has 112 heavy (non-hydrogen) atoms. The maximum Gasteiger partial charge on any atom is 0.373 e. The Morgan fingerprint density at radius 2 is 0.643 bits per heavy atom. The molecular weight excluding hydrogens is 1460 g/mol. The van der Waals surface area contributed by atoms with Gasteiger partial charge < -0.3 is 82.8 Å². The third kappa shape index (κ3) is 40.5. The number of amides is 7. The fraction of sp³-hybridized carbons (Fsp3) is 0.810. The highest BCUT2D eigenvalue weighted by Gasteiger charge is 2.41. The van der Waals surface area contributed by atoms with Crippen LogP contribution in [0.3, 0.4) is 0 Å². The minimum Gasteiger partial charge on any atom is -0.469 e. The van der Waals surface area contributed by atoms with E-state index in [0.29, 0.717) is 83.2 Å². The average Bonchev–Trinajstić information content (AvgIpc) is 1.52. The highest BCUT2D eigenvalue weighted by molar-refractivity contribution is 5.90. The van der Waals surface area contributed by atoms with Crippen molar-refractivity contribution in [2.75, 3.05) is 142 Å². The lowest BCUT2D eigenvalue weighted by Gasteiger charge is -2.23. The van der Waals surface area contributed by atoms with Crippen molar-refractivity contribution in [3.05, 3.63) is 0 Å². The van der Waals surface area contributed by atoms with Gasteiger partial charge in [-0.2, -0.15) is 9.59 Å². The van der Waals surface area contributed by atoms with Gasteiger partial charge in [-0.15, -0.1) is 0 Å². The lowest BCUT2D eigenvalue weighted by atomic mass is 9.99. The molecule has 0 aromatic heterocycles. The van der Waals surface area contributed by atoms with Crippen molar-refractivity contribution in [2.45, 2.75) is 221 Å². The lowest BCUT2D eigenvalue weighted by Crippen LogP contribution is -2.39. The van der Waals surface area contributed by atoms with Crippen molar-refractivity contribution in [1.29, 1.82) is 0 Å². The number of hydrogen-bond donors (Lipinski definition) is 3. The zero-order chi connectivity index (χ0) is 85.0. The fourth-order valence-corrected chi connectivity index (χ4v) is 13.6. The first-order valence-corrected chi connectivity index (χ1v) is 39.7. The molecule has 7 rings (SSSR count). The van der Waals surface area contributed by atoms with E-state index in [1.807, 2.05) is 9.80 Å². The summed E-state index contributed by atoms with van der Waals surface area (Å²) in [5, 5.41) is 26.9. The van der Waals surface area contributed by atoms with Crippen LogP contribution in [0.25, 0.3) is 0 Å². The minimum atomic E-state index is -1.22. The van der Waals surface area contributed by atoms with Crippen LogP contribution in [0.4, 0.5) is 0 Å². The number of aliphatic hydroxyl groups excluding tert-OH is 3. The van der Waals surface area contributed by atoms with Crippen molar-refractivity contribution in [3.8, 4) is 0 Å². The Hall–Kier alpha value is -8.16. The van der Waals surface area contributed by atoms with Gasteiger partial charge in [-0.1, -0.05) is 138 Å². The molecule has 33 heteroatoms. The number of esters is 7. The van der Waals surface area contributed by atoms with E-state index in [2.05, 4.69) is 65.2 Å². The summed E-state index contributed by atoms with van der Waals surface area (Å²) in [6, 6.07) is 0. The second kappa shape index (κ2) is 59.5. The van der Waals surface area contributed by atoms with Crippen LogP contribution in [0.2, 0.25) is 0 Å². The molecule has 10 atom stereocenters. The van der Waals surface area contributed by atoms with Crippen LogP contribution < -0.4 is 0 Å². The third-order valence-electron chi connectivity index (χ3n) is 20.0. The van der Waals surface area contributed by atoms with E-state index in [4.69, 9.17) is 29.3 Å². The Labute approximate surface area is 662 Å². The van der Waals surface area contributed by atoms with Gasteiger partial charge in [0, 0.05) is 131 Å².